The number of nitrogens with zero attached hydrogens (tertiary/aromatic N) is 1. The molecule has 0 N–H and O–H groups in total. The van der Waals surface area contributed by atoms with Crippen molar-refractivity contribution in [3.8, 4) is 11.5 Å². The molecule has 21 heavy (non-hydrogen) atoms. The first-order valence-corrected chi connectivity index (χ1v) is 6.66. The van der Waals surface area contributed by atoms with Crippen molar-refractivity contribution < 1.29 is 23.8 Å². The first kappa shape index (κ1) is 16.8. The van der Waals surface area contributed by atoms with Gasteiger partial charge in [-0.05, 0) is 19.1 Å². The molecule has 0 unspecified atom stereocenters. The number of hydrogen-bond donors (Lipinski definition) is 0. The highest BCUT2D eigenvalue weighted by Crippen LogP contribution is 2.23. The SMILES string of the molecule is CCOC(=O)CCN(C)C(=O)c1cc(OC)cc(OC)c1. The number of amides is 1. The predicted octanol–water partition coefficient (Wildman–Crippen LogP) is 1.73. The van der Waals surface area contributed by atoms with Gasteiger partial charge in [-0.15, -0.1) is 0 Å². The van der Waals surface area contributed by atoms with Crippen molar-refractivity contribution in [3.05, 3.63) is 23.8 Å². The maximum absolute atomic E-state index is 12.3. The number of benzene rings is 1. The van der Waals surface area contributed by atoms with E-state index in [1.807, 2.05) is 0 Å². The van der Waals surface area contributed by atoms with Gasteiger partial charge < -0.3 is 19.1 Å². The monoisotopic (exact) mass is 295 g/mol. The molecular weight excluding hydrogens is 274 g/mol. The van der Waals surface area contributed by atoms with E-state index in [0.29, 0.717) is 23.7 Å². The second-order valence-corrected chi connectivity index (χ2v) is 4.38. The largest absolute Gasteiger partial charge is 0.497 e. The zero-order chi connectivity index (χ0) is 15.8. The Bertz CT molecular complexity index is 479. The molecule has 0 fully saturated rings. The Morgan fingerprint density at radius 3 is 2.14 bits per heavy atom. The minimum atomic E-state index is -0.319. The van der Waals surface area contributed by atoms with E-state index in [0.717, 1.165) is 0 Å². The van der Waals surface area contributed by atoms with Crippen molar-refractivity contribution in [2.75, 3.05) is 34.4 Å². The normalized spacial score (nSPS) is 9.90. The number of esters is 1. The number of ether oxygens (including phenoxy) is 3. The molecule has 1 aromatic rings. The molecule has 0 aliphatic carbocycles. The molecule has 1 rings (SSSR count). The Labute approximate surface area is 124 Å². The summed E-state index contributed by atoms with van der Waals surface area (Å²) in [6, 6.07) is 4.95. The van der Waals surface area contributed by atoms with Crippen LogP contribution in [0, 0.1) is 0 Å². The first-order chi connectivity index (χ1) is 10.0. The van der Waals surface area contributed by atoms with Gasteiger partial charge in [-0.3, -0.25) is 9.59 Å². The number of carbonyl (C=O) groups excluding carboxylic acids is 2. The summed E-state index contributed by atoms with van der Waals surface area (Å²) in [5.41, 5.74) is 0.442. The molecule has 0 saturated carbocycles. The van der Waals surface area contributed by atoms with E-state index in [1.165, 1.54) is 19.1 Å². The molecule has 6 heteroatoms. The summed E-state index contributed by atoms with van der Waals surface area (Å²) in [5.74, 6) is 0.546. The van der Waals surface area contributed by atoms with Gasteiger partial charge in [0.2, 0.25) is 0 Å². The minimum Gasteiger partial charge on any atom is -0.497 e. The maximum Gasteiger partial charge on any atom is 0.307 e. The summed E-state index contributed by atoms with van der Waals surface area (Å²) >= 11 is 0. The van der Waals surface area contributed by atoms with E-state index in [1.54, 1.807) is 32.2 Å². The summed E-state index contributed by atoms with van der Waals surface area (Å²) in [4.78, 5) is 25.1. The molecule has 1 aromatic carbocycles. The van der Waals surface area contributed by atoms with E-state index in [4.69, 9.17) is 14.2 Å². The van der Waals surface area contributed by atoms with Crippen LogP contribution in [0.4, 0.5) is 0 Å². The van der Waals surface area contributed by atoms with Crippen molar-refractivity contribution in [3.63, 3.8) is 0 Å². The third-order valence-electron chi connectivity index (χ3n) is 2.90. The van der Waals surface area contributed by atoms with Crippen LogP contribution >= 0.6 is 0 Å². The standard InChI is InChI=1S/C15H21NO5/c1-5-21-14(17)6-7-16(2)15(18)11-8-12(19-3)10-13(9-11)20-4/h8-10H,5-7H2,1-4H3. The highest BCUT2D eigenvalue weighted by atomic mass is 16.5. The second-order valence-electron chi connectivity index (χ2n) is 4.38. The van der Waals surface area contributed by atoms with Crippen LogP contribution in [0.1, 0.15) is 23.7 Å². The molecule has 0 aliphatic rings. The Kier molecular flexibility index (Phi) is 6.52. The summed E-state index contributed by atoms with van der Waals surface area (Å²) in [7, 11) is 4.68. The van der Waals surface area contributed by atoms with Crippen LogP contribution in [0.25, 0.3) is 0 Å². The lowest BCUT2D eigenvalue weighted by Gasteiger charge is -2.17. The second kappa shape index (κ2) is 8.14. The fourth-order valence-corrected chi connectivity index (χ4v) is 1.74. The van der Waals surface area contributed by atoms with Crippen molar-refractivity contribution >= 4 is 11.9 Å². The Hall–Kier alpha value is -2.24. The van der Waals surface area contributed by atoms with E-state index in [9.17, 15) is 9.59 Å². The topological polar surface area (TPSA) is 65.1 Å². The zero-order valence-electron chi connectivity index (χ0n) is 12.8. The Morgan fingerprint density at radius 2 is 1.67 bits per heavy atom. The fraction of sp³-hybridized carbons (Fsp3) is 0.467. The molecule has 0 atom stereocenters. The smallest absolute Gasteiger partial charge is 0.307 e. The number of rotatable bonds is 7. The van der Waals surface area contributed by atoms with E-state index in [-0.39, 0.29) is 24.8 Å². The van der Waals surface area contributed by atoms with Crippen LogP contribution in [0.3, 0.4) is 0 Å². The van der Waals surface area contributed by atoms with Gasteiger partial charge in [0, 0.05) is 25.2 Å². The quantitative estimate of drug-likeness (QED) is 0.717. The number of hydrogen-bond acceptors (Lipinski definition) is 5. The lowest BCUT2D eigenvalue weighted by Crippen LogP contribution is -2.29. The minimum absolute atomic E-state index is 0.164. The van der Waals surface area contributed by atoms with Gasteiger partial charge >= 0.3 is 5.97 Å². The number of carbonyl (C=O) groups is 2. The Morgan fingerprint density at radius 1 is 1.10 bits per heavy atom. The van der Waals surface area contributed by atoms with Crippen LogP contribution < -0.4 is 9.47 Å². The predicted molar refractivity (Wildman–Crippen MR) is 77.8 cm³/mol. The zero-order valence-corrected chi connectivity index (χ0v) is 12.8. The molecular formula is C15H21NO5. The van der Waals surface area contributed by atoms with Gasteiger partial charge in [-0.25, -0.2) is 0 Å². The third-order valence-corrected chi connectivity index (χ3v) is 2.90. The molecule has 0 heterocycles. The van der Waals surface area contributed by atoms with Crippen molar-refractivity contribution in [1.82, 2.24) is 4.90 Å². The molecule has 6 nitrogen and oxygen atoms in total. The van der Waals surface area contributed by atoms with E-state index in [2.05, 4.69) is 0 Å². The van der Waals surface area contributed by atoms with Crippen molar-refractivity contribution in [2.45, 2.75) is 13.3 Å². The summed E-state index contributed by atoms with van der Waals surface area (Å²) in [6.45, 7) is 2.37. The highest BCUT2D eigenvalue weighted by molar-refractivity contribution is 5.95. The molecule has 0 aliphatic heterocycles. The average Bonchev–Trinajstić information content (AvgIpc) is 2.51. The lowest BCUT2D eigenvalue weighted by molar-refractivity contribution is -0.143. The van der Waals surface area contributed by atoms with Crippen molar-refractivity contribution in [1.29, 1.82) is 0 Å². The highest BCUT2D eigenvalue weighted by Gasteiger charge is 2.15. The average molecular weight is 295 g/mol. The molecule has 0 saturated heterocycles. The number of methoxy groups -OCH3 is 2. The van der Waals surface area contributed by atoms with Gasteiger partial charge in [0.05, 0.1) is 27.2 Å². The van der Waals surface area contributed by atoms with Crippen molar-refractivity contribution in [2.24, 2.45) is 0 Å². The van der Waals surface area contributed by atoms with Crippen LogP contribution in [0.15, 0.2) is 18.2 Å². The molecule has 0 spiro atoms. The third kappa shape index (κ3) is 4.98. The van der Waals surface area contributed by atoms with Crippen LogP contribution in [0.2, 0.25) is 0 Å². The Balaban J connectivity index is 2.75. The summed E-state index contributed by atoms with van der Waals surface area (Å²) in [6.07, 6.45) is 0.164. The summed E-state index contributed by atoms with van der Waals surface area (Å²) in [5, 5.41) is 0. The molecule has 0 radical (unpaired) electrons. The van der Waals surface area contributed by atoms with Gasteiger partial charge in [0.1, 0.15) is 11.5 Å². The molecule has 1 amide bonds. The van der Waals surface area contributed by atoms with Crippen LogP contribution in [0.5, 0.6) is 11.5 Å². The molecule has 0 aromatic heterocycles. The van der Waals surface area contributed by atoms with Gasteiger partial charge in [-0.2, -0.15) is 0 Å². The first-order valence-electron chi connectivity index (χ1n) is 6.66. The van der Waals surface area contributed by atoms with Gasteiger partial charge in [0.15, 0.2) is 0 Å². The summed E-state index contributed by atoms with van der Waals surface area (Å²) < 4.78 is 15.1. The molecule has 0 bridgehead atoms. The maximum atomic E-state index is 12.3. The van der Waals surface area contributed by atoms with Gasteiger partial charge in [-0.1, -0.05) is 0 Å². The van der Waals surface area contributed by atoms with Crippen LogP contribution in [-0.2, 0) is 9.53 Å². The van der Waals surface area contributed by atoms with E-state index < -0.39 is 0 Å². The van der Waals surface area contributed by atoms with E-state index >= 15 is 0 Å². The van der Waals surface area contributed by atoms with Gasteiger partial charge in [0.25, 0.3) is 5.91 Å². The van der Waals surface area contributed by atoms with Crippen LogP contribution in [-0.4, -0.2) is 51.2 Å². The lowest BCUT2D eigenvalue weighted by atomic mass is 10.1. The fourth-order valence-electron chi connectivity index (χ4n) is 1.74. The molecule has 116 valence electrons.